The lowest BCUT2D eigenvalue weighted by Gasteiger charge is -2.41. The molecule has 1 saturated heterocycles. The highest BCUT2D eigenvalue weighted by molar-refractivity contribution is 9.10. The number of anilines is 1. The predicted molar refractivity (Wildman–Crippen MR) is 95.1 cm³/mol. The van der Waals surface area contributed by atoms with Gasteiger partial charge < -0.3 is 10.2 Å². The molecule has 2 rings (SSSR count). The summed E-state index contributed by atoms with van der Waals surface area (Å²) in [5, 5.41) is 3.53. The molecule has 1 atom stereocenters. The fourth-order valence-electron chi connectivity index (χ4n) is 3.09. The van der Waals surface area contributed by atoms with Gasteiger partial charge in [-0.05, 0) is 50.2 Å². The van der Waals surface area contributed by atoms with Crippen LogP contribution in [0.1, 0.15) is 32.8 Å². The van der Waals surface area contributed by atoms with Crippen molar-refractivity contribution in [3.63, 3.8) is 0 Å². The largest absolute Gasteiger partial charge is 0.368 e. The summed E-state index contributed by atoms with van der Waals surface area (Å²) < 4.78 is 1.17. The second-order valence-electron chi connectivity index (χ2n) is 5.87. The van der Waals surface area contributed by atoms with Crippen LogP contribution in [0.4, 0.5) is 5.69 Å². The van der Waals surface area contributed by atoms with E-state index in [1.54, 1.807) is 0 Å². The minimum absolute atomic E-state index is 0.629. The van der Waals surface area contributed by atoms with Crippen molar-refractivity contribution in [1.29, 1.82) is 0 Å². The first-order valence-corrected chi connectivity index (χ1v) is 8.93. The fourth-order valence-corrected chi connectivity index (χ4v) is 3.50. The molecule has 1 heterocycles. The molecule has 118 valence electrons. The van der Waals surface area contributed by atoms with Gasteiger partial charge in [-0.3, -0.25) is 4.90 Å². The molecule has 1 aliphatic rings. The third kappa shape index (κ3) is 4.44. The molecule has 1 aromatic rings. The molecule has 1 fully saturated rings. The number of hydrogen-bond acceptors (Lipinski definition) is 3. The van der Waals surface area contributed by atoms with Gasteiger partial charge in [0, 0.05) is 42.4 Å². The van der Waals surface area contributed by atoms with Gasteiger partial charge in [-0.25, -0.2) is 0 Å². The van der Waals surface area contributed by atoms with Crippen LogP contribution in [0.5, 0.6) is 0 Å². The first-order chi connectivity index (χ1) is 10.2. The van der Waals surface area contributed by atoms with E-state index >= 15 is 0 Å². The number of benzene rings is 1. The van der Waals surface area contributed by atoms with Gasteiger partial charge in [0.25, 0.3) is 0 Å². The standard InChI is InChI=1S/C17H28BrN3/c1-4-8-19-12-15-11-16(18)6-7-17(15)21-10-9-20(5-2)14(3)13-21/h6-7,11,14,19H,4-5,8-10,12-13H2,1-3H3. The Morgan fingerprint density at radius 3 is 2.76 bits per heavy atom. The highest BCUT2D eigenvalue weighted by Gasteiger charge is 2.23. The molecule has 21 heavy (non-hydrogen) atoms. The quantitative estimate of drug-likeness (QED) is 0.789. The summed E-state index contributed by atoms with van der Waals surface area (Å²) in [6.45, 7) is 13.4. The smallest absolute Gasteiger partial charge is 0.0413 e. The molecule has 1 N–H and O–H groups in total. The summed E-state index contributed by atoms with van der Waals surface area (Å²) in [5.41, 5.74) is 2.79. The lowest BCUT2D eigenvalue weighted by molar-refractivity contribution is 0.199. The average Bonchev–Trinajstić information content (AvgIpc) is 2.47. The van der Waals surface area contributed by atoms with Crippen LogP contribution in [-0.4, -0.2) is 43.7 Å². The average molecular weight is 354 g/mol. The van der Waals surface area contributed by atoms with E-state index < -0.39 is 0 Å². The summed E-state index contributed by atoms with van der Waals surface area (Å²) in [4.78, 5) is 5.11. The van der Waals surface area contributed by atoms with Crippen molar-refractivity contribution in [1.82, 2.24) is 10.2 Å². The summed E-state index contributed by atoms with van der Waals surface area (Å²) in [6.07, 6.45) is 1.18. The molecule has 1 aromatic carbocycles. The van der Waals surface area contributed by atoms with Gasteiger partial charge in [0.1, 0.15) is 0 Å². The minimum atomic E-state index is 0.629. The Labute approximate surface area is 137 Å². The molecule has 0 spiro atoms. The summed E-state index contributed by atoms with van der Waals surface area (Å²) in [6, 6.07) is 7.31. The van der Waals surface area contributed by atoms with Crippen LogP contribution in [0.3, 0.4) is 0 Å². The van der Waals surface area contributed by atoms with E-state index in [1.165, 1.54) is 22.1 Å². The van der Waals surface area contributed by atoms with Gasteiger partial charge in [-0.2, -0.15) is 0 Å². The van der Waals surface area contributed by atoms with Crippen LogP contribution in [0.25, 0.3) is 0 Å². The Morgan fingerprint density at radius 1 is 1.29 bits per heavy atom. The summed E-state index contributed by atoms with van der Waals surface area (Å²) >= 11 is 3.61. The van der Waals surface area contributed by atoms with Gasteiger partial charge in [0.05, 0.1) is 0 Å². The molecule has 3 nitrogen and oxygen atoms in total. The van der Waals surface area contributed by atoms with Gasteiger partial charge in [0.15, 0.2) is 0 Å². The predicted octanol–water partition coefficient (Wildman–Crippen LogP) is 3.48. The molecular formula is C17H28BrN3. The Kier molecular flexibility index (Phi) is 6.52. The first-order valence-electron chi connectivity index (χ1n) is 8.13. The van der Waals surface area contributed by atoms with E-state index in [0.717, 1.165) is 39.3 Å². The molecule has 4 heteroatoms. The maximum absolute atomic E-state index is 3.61. The molecule has 0 aliphatic carbocycles. The van der Waals surface area contributed by atoms with Crippen molar-refractivity contribution in [2.24, 2.45) is 0 Å². The van der Waals surface area contributed by atoms with E-state index in [0.29, 0.717) is 6.04 Å². The van der Waals surface area contributed by atoms with Crippen LogP contribution >= 0.6 is 15.9 Å². The van der Waals surface area contributed by atoms with Gasteiger partial charge in [-0.1, -0.05) is 29.8 Å². The van der Waals surface area contributed by atoms with E-state index in [-0.39, 0.29) is 0 Å². The molecule has 0 bridgehead atoms. The van der Waals surface area contributed by atoms with Gasteiger partial charge in [0.2, 0.25) is 0 Å². The first kappa shape index (κ1) is 16.8. The van der Waals surface area contributed by atoms with Gasteiger partial charge >= 0.3 is 0 Å². The number of rotatable bonds is 6. The number of piperazine rings is 1. The lowest BCUT2D eigenvalue weighted by atomic mass is 10.1. The fraction of sp³-hybridized carbons (Fsp3) is 0.647. The molecule has 1 aliphatic heterocycles. The van der Waals surface area contributed by atoms with Crippen molar-refractivity contribution in [2.75, 3.05) is 37.6 Å². The number of halogens is 1. The maximum Gasteiger partial charge on any atom is 0.0413 e. The van der Waals surface area contributed by atoms with Crippen LogP contribution in [0, 0.1) is 0 Å². The van der Waals surface area contributed by atoms with Gasteiger partial charge in [-0.15, -0.1) is 0 Å². The molecule has 0 amide bonds. The van der Waals surface area contributed by atoms with Crippen molar-refractivity contribution in [3.05, 3.63) is 28.2 Å². The molecule has 0 radical (unpaired) electrons. The summed E-state index contributed by atoms with van der Waals surface area (Å²) in [7, 11) is 0. The number of nitrogens with one attached hydrogen (secondary N) is 1. The second-order valence-corrected chi connectivity index (χ2v) is 6.79. The zero-order chi connectivity index (χ0) is 15.2. The van der Waals surface area contributed by atoms with Crippen molar-refractivity contribution in [3.8, 4) is 0 Å². The Bertz CT molecular complexity index is 450. The highest BCUT2D eigenvalue weighted by atomic mass is 79.9. The third-order valence-electron chi connectivity index (χ3n) is 4.30. The maximum atomic E-state index is 3.61. The topological polar surface area (TPSA) is 18.5 Å². The van der Waals surface area contributed by atoms with Crippen LogP contribution in [0.15, 0.2) is 22.7 Å². The van der Waals surface area contributed by atoms with Crippen LogP contribution < -0.4 is 10.2 Å². The number of likely N-dealkylation sites (N-methyl/N-ethyl adjacent to an activating group) is 1. The Morgan fingerprint density at radius 2 is 2.10 bits per heavy atom. The van der Waals surface area contributed by atoms with Crippen LogP contribution in [0.2, 0.25) is 0 Å². The molecule has 1 unspecified atom stereocenters. The van der Waals surface area contributed by atoms with E-state index in [2.05, 4.69) is 70.0 Å². The molecular weight excluding hydrogens is 326 g/mol. The summed E-state index contributed by atoms with van der Waals surface area (Å²) in [5.74, 6) is 0. The zero-order valence-corrected chi connectivity index (χ0v) is 15.1. The van der Waals surface area contributed by atoms with Crippen molar-refractivity contribution >= 4 is 21.6 Å². The Hall–Kier alpha value is -0.580. The van der Waals surface area contributed by atoms with Crippen molar-refractivity contribution < 1.29 is 0 Å². The van der Waals surface area contributed by atoms with E-state index in [4.69, 9.17) is 0 Å². The van der Waals surface area contributed by atoms with Crippen LogP contribution in [-0.2, 0) is 6.54 Å². The second kappa shape index (κ2) is 8.16. The third-order valence-corrected chi connectivity index (χ3v) is 4.79. The molecule has 0 saturated carbocycles. The lowest BCUT2D eigenvalue weighted by Crippen LogP contribution is -2.52. The van der Waals surface area contributed by atoms with Crippen molar-refractivity contribution in [2.45, 2.75) is 39.8 Å². The minimum Gasteiger partial charge on any atom is -0.368 e. The Balaban J connectivity index is 2.11. The molecule has 0 aromatic heterocycles. The number of hydrogen-bond donors (Lipinski definition) is 1. The normalized spacial score (nSPS) is 20.0. The van der Waals surface area contributed by atoms with E-state index in [9.17, 15) is 0 Å². The SMILES string of the molecule is CCCNCc1cc(Br)ccc1N1CCN(CC)C(C)C1. The highest BCUT2D eigenvalue weighted by Crippen LogP contribution is 2.26. The monoisotopic (exact) mass is 353 g/mol. The number of nitrogens with zero attached hydrogens (tertiary/aromatic N) is 2. The zero-order valence-electron chi connectivity index (χ0n) is 13.5. The van der Waals surface area contributed by atoms with E-state index in [1.807, 2.05) is 0 Å².